The van der Waals surface area contributed by atoms with Gasteiger partial charge in [-0.2, -0.15) is 0 Å². The van der Waals surface area contributed by atoms with Crippen molar-refractivity contribution in [3.05, 3.63) is 0 Å². The molecule has 1 saturated heterocycles. The number of hydrogen-bond donors (Lipinski definition) is 2. The third kappa shape index (κ3) is 3.81. The summed E-state index contributed by atoms with van der Waals surface area (Å²) in [6, 6.07) is -0.876. The van der Waals surface area contributed by atoms with Crippen LogP contribution in [0.4, 0.5) is 0 Å². The Morgan fingerprint density at radius 1 is 1.50 bits per heavy atom. The monoisotopic (exact) mass is 229 g/mol. The number of amides is 1. The summed E-state index contributed by atoms with van der Waals surface area (Å²) >= 11 is 0. The third-order valence-corrected chi connectivity index (χ3v) is 2.61. The van der Waals surface area contributed by atoms with E-state index in [1.807, 2.05) is 0 Å². The first-order valence-corrected chi connectivity index (χ1v) is 5.79. The van der Waals surface area contributed by atoms with Crippen molar-refractivity contribution in [2.45, 2.75) is 51.2 Å². The number of rotatable bonds is 6. The fourth-order valence-corrected chi connectivity index (χ4v) is 1.62. The van der Waals surface area contributed by atoms with E-state index < -0.39 is 18.1 Å². The molecule has 16 heavy (non-hydrogen) atoms. The van der Waals surface area contributed by atoms with E-state index >= 15 is 0 Å². The first kappa shape index (κ1) is 13.0. The van der Waals surface area contributed by atoms with Gasteiger partial charge in [0, 0.05) is 6.42 Å². The van der Waals surface area contributed by atoms with Crippen LogP contribution in [0.15, 0.2) is 0 Å². The Bertz CT molecular complexity index is 254. The van der Waals surface area contributed by atoms with E-state index in [4.69, 9.17) is 0 Å². The summed E-state index contributed by atoms with van der Waals surface area (Å²) in [7, 11) is 0. The van der Waals surface area contributed by atoms with E-state index in [0.29, 0.717) is 6.42 Å². The molecule has 5 nitrogen and oxygen atoms in total. The van der Waals surface area contributed by atoms with Gasteiger partial charge in [-0.25, -0.2) is 4.79 Å². The number of nitrogens with one attached hydrogen (secondary N) is 1. The largest absolute Gasteiger partial charge is 0.461 e. The second kappa shape index (κ2) is 6.48. The Balaban J connectivity index is 2.20. The summed E-state index contributed by atoms with van der Waals surface area (Å²) in [4.78, 5) is 22.5. The van der Waals surface area contributed by atoms with Crippen LogP contribution in [0.25, 0.3) is 0 Å². The SMILES string of the molecule is CCCCCCC(=O)N[C@@H]1C(=O)OCC1O. The molecular weight excluding hydrogens is 210 g/mol. The normalized spacial score (nSPS) is 24.2. The Morgan fingerprint density at radius 2 is 2.25 bits per heavy atom. The highest BCUT2D eigenvalue weighted by atomic mass is 16.6. The maximum absolute atomic E-state index is 11.4. The zero-order valence-electron chi connectivity index (χ0n) is 9.57. The highest BCUT2D eigenvalue weighted by Gasteiger charge is 2.36. The maximum atomic E-state index is 11.4. The molecular formula is C11H19NO4. The summed E-state index contributed by atoms with van der Waals surface area (Å²) in [6.07, 6.45) is 3.55. The number of carbonyl (C=O) groups is 2. The Morgan fingerprint density at radius 3 is 2.81 bits per heavy atom. The molecule has 1 rings (SSSR count). The molecule has 2 N–H and O–H groups in total. The summed E-state index contributed by atoms with van der Waals surface area (Å²) in [6.45, 7) is 2.07. The lowest BCUT2D eigenvalue weighted by Crippen LogP contribution is -2.44. The van der Waals surface area contributed by atoms with E-state index in [1.165, 1.54) is 0 Å². The predicted molar refractivity (Wildman–Crippen MR) is 57.7 cm³/mol. The number of unbranched alkanes of at least 4 members (excludes halogenated alkanes) is 3. The molecule has 2 atom stereocenters. The zero-order chi connectivity index (χ0) is 12.0. The van der Waals surface area contributed by atoms with Gasteiger partial charge in [0.1, 0.15) is 12.7 Å². The molecule has 0 aromatic rings. The number of cyclic esters (lactones) is 1. The van der Waals surface area contributed by atoms with Crippen LogP contribution in [0.3, 0.4) is 0 Å². The van der Waals surface area contributed by atoms with Crippen molar-refractivity contribution in [2.24, 2.45) is 0 Å². The fraction of sp³-hybridized carbons (Fsp3) is 0.818. The van der Waals surface area contributed by atoms with Gasteiger partial charge in [0.05, 0.1) is 0 Å². The lowest BCUT2D eigenvalue weighted by molar-refractivity contribution is -0.141. The second-order valence-electron chi connectivity index (χ2n) is 4.05. The van der Waals surface area contributed by atoms with Crippen molar-refractivity contribution in [3.8, 4) is 0 Å². The van der Waals surface area contributed by atoms with Crippen LogP contribution in [0.2, 0.25) is 0 Å². The average Bonchev–Trinajstić information content (AvgIpc) is 2.56. The molecule has 0 radical (unpaired) electrons. The quantitative estimate of drug-likeness (QED) is 0.509. The molecule has 1 amide bonds. The van der Waals surface area contributed by atoms with E-state index in [0.717, 1.165) is 25.7 Å². The van der Waals surface area contributed by atoms with Crippen LogP contribution in [-0.4, -0.2) is 35.7 Å². The lowest BCUT2D eigenvalue weighted by Gasteiger charge is -2.11. The number of ether oxygens (including phenoxy) is 1. The van der Waals surface area contributed by atoms with Gasteiger partial charge in [-0.1, -0.05) is 26.2 Å². The molecule has 0 aliphatic carbocycles. The maximum Gasteiger partial charge on any atom is 0.331 e. The van der Waals surface area contributed by atoms with Gasteiger partial charge in [0.15, 0.2) is 6.04 Å². The van der Waals surface area contributed by atoms with E-state index in [2.05, 4.69) is 17.0 Å². The van der Waals surface area contributed by atoms with Crippen molar-refractivity contribution < 1.29 is 19.4 Å². The highest BCUT2D eigenvalue weighted by Crippen LogP contribution is 2.08. The van der Waals surface area contributed by atoms with Crippen LogP contribution in [0, 0.1) is 0 Å². The van der Waals surface area contributed by atoms with Gasteiger partial charge in [0.25, 0.3) is 0 Å². The number of carbonyl (C=O) groups excluding carboxylic acids is 2. The summed E-state index contributed by atoms with van der Waals surface area (Å²) in [5.41, 5.74) is 0. The van der Waals surface area contributed by atoms with Crippen LogP contribution in [0.5, 0.6) is 0 Å². The number of hydrogen-bond acceptors (Lipinski definition) is 4. The molecule has 0 saturated carbocycles. The van der Waals surface area contributed by atoms with Crippen LogP contribution in [0.1, 0.15) is 39.0 Å². The topological polar surface area (TPSA) is 75.6 Å². The van der Waals surface area contributed by atoms with Gasteiger partial charge in [0.2, 0.25) is 5.91 Å². The lowest BCUT2D eigenvalue weighted by atomic mass is 10.1. The Labute approximate surface area is 95.2 Å². The minimum atomic E-state index is -0.910. The minimum Gasteiger partial charge on any atom is -0.461 e. The second-order valence-corrected chi connectivity index (χ2v) is 4.05. The minimum absolute atomic E-state index is 0.0282. The van der Waals surface area contributed by atoms with E-state index in [1.54, 1.807) is 0 Å². The van der Waals surface area contributed by atoms with Crippen LogP contribution >= 0.6 is 0 Å². The van der Waals surface area contributed by atoms with Crippen molar-refractivity contribution in [3.63, 3.8) is 0 Å². The molecule has 0 aromatic heterocycles. The first-order chi connectivity index (χ1) is 7.65. The molecule has 1 heterocycles. The zero-order valence-corrected chi connectivity index (χ0v) is 9.57. The molecule has 0 spiro atoms. The predicted octanol–water partition coefficient (Wildman–Crippen LogP) is 0.359. The van der Waals surface area contributed by atoms with E-state index in [-0.39, 0.29) is 12.5 Å². The summed E-state index contributed by atoms with van der Waals surface area (Å²) in [5, 5.41) is 11.8. The van der Waals surface area contributed by atoms with Gasteiger partial charge >= 0.3 is 5.97 Å². The van der Waals surface area contributed by atoms with Gasteiger partial charge < -0.3 is 15.2 Å². The summed E-state index contributed by atoms with van der Waals surface area (Å²) < 4.78 is 4.62. The number of aliphatic hydroxyl groups is 1. The highest BCUT2D eigenvalue weighted by molar-refractivity contribution is 5.86. The average molecular weight is 229 g/mol. The fourth-order valence-electron chi connectivity index (χ4n) is 1.62. The van der Waals surface area contributed by atoms with Crippen molar-refractivity contribution in [1.29, 1.82) is 0 Å². The van der Waals surface area contributed by atoms with Crippen molar-refractivity contribution >= 4 is 11.9 Å². The number of esters is 1. The molecule has 1 fully saturated rings. The van der Waals surface area contributed by atoms with Crippen molar-refractivity contribution in [2.75, 3.05) is 6.61 Å². The molecule has 1 aliphatic heterocycles. The van der Waals surface area contributed by atoms with Crippen molar-refractivity contribution in [1.82, 2.24) is 5.32 Å². The van der Waals surface area contributed by atoms with E-state index in [9.17, 15) is 14.7 Å². The summed E-state index contributed by atoms with van der Waals surface area (Å²) in [5.74, 6) is -0.742. The molecule has 5 heteroatoms. The standard InChI is InChI=1S/C11H19NO4/c1-2-3-4-5-6-9(14)12-10-8(13)7-16-11(10)15/h8,10,13H,2-7H2,1H3,(H,12,14)/t8?,10-/m0/s1. The van der Waals surface area contributed by atoms with Crippen LogP contribution < -0.4 is 5.32 Å². The Kier molecular flexibility index (Phi) is 5.25. The van der Waals surface area contributed by atoms with Gasteiger partial charge in [-0.15, -0.1) is 0 Å². The molecule has 1 unspecified atom stereocenters. The van der Waals surface area contributed by atoms with Gasteiger partial charge in [-0.3, -0.25) is 4.79 Å². The number of aliphatic hydroxyl groups excluding tert-OH is 1. The molecule has 0 bridgehead atoms. The smallest absolute Gasteiger partial charge is 0.331 e. The first-order valence-electron chi connectivity index (χ1n) is 5.79. The molecule has 0 aromatic carbocycles. The molecule has 92 valence electrons. The molecule has 1 aliphatic rings. The Hall–Kier alpha value is -1.10. The third-order valence-electron chi connectivity index (χ3n) is 2.61. The van der Waals surface area contributed by atoms with Gasteiger partial charge in [-0.05, 0) is 6.42 Å². The van der Waals surface area contributed by atoms with Crippen LogP contribution in [-0.2, 0) is 14.3 Å².